The molecule has 1 heterocycles. The lowest BCUT2D eigenvalue weighted by Crippen LogP contribution is -2.49. The van der Waals surface area contributed by atoms with Gasteiger partial charge in [-0.2, -0.15) is 4.31 Å². The first-order valence-corrected chi connectivity index (χ1v) is 8.73. The van der Waals surface area contributed by atoms with Crippen molar-refractivity contribution in [3.63, 3.8) is 0 Å². The van der Waals surface area contributed by atoms with E-state index in [4.69, 9.17) is 5.73 Å². The third kappa shape index (κ3) is 3.44. The fourth-order valence-electron chi connectivity index (χ4n) is 3.24. The Morgan fingerprint density at radius 1 is 1.11 bits per heavy atom. The van der Waals surface area contributed by atoms with Crippen LogP contribution < -0.4 is 5.73 Å². The lowest BCUT2D eigenvalue weighted by atomic mass is 9.95. The van der Waals surface area contributed by atoms with Crippen molar-refractivity contribution in [1.29, 1.82) is 0 Å². The summed E-state index contributed by atoms with van der Waals surface area (Å²) in [5.74, 6) is 1.40. The molecule has 6 heteroatoms. The molecule has 0 amide bonds. The maximum atomic E-state index is 11.4. The Bertz CT molecular complexity index is 364. The third-order valence-corrected chi connectivity index (χ3v) is 5.72. The van der Waals surface area contributed by atoms with Gasteiger partial charge in [0.2, 0.25) is 10.0 Å². The van der Waals surface area contributed by atoms with E-state index in [0.29, 0.717) is 19.0 Å². The second-order valence-electron chi connectivity index (χ2n) is 5.65. The van der Waals surface area contributed by atoms with Gasteiger partial charge in [-0.15, -0.1) is 0 Å². The van der Waals surface area contributed by atoms with Gasteiger partial charge in [0.1, 0.15) is 0 Å². The van der Waals surface area contributed by atoms with Crippen LogP contribution in [0.1, 0.15) is 19.3 Å². The molecule has 2 unspecified atom stereocenters. The van der Waals surface area contributed by atoms with Gasteiger partial charge in [0.15, 0.2) is 0 Å². The monoisotopic (exact) mass is 275 g/mol. The number of nitrogens with two attached hydrogens (primary N) is 1. The van der Waals surface area contributed by atoms with Crippen LogP contribution in [0.3, 0.4) is 0 Å². The lowest BCUT2D eigenvalue weighted by Gasteiger charge is -2.35. The molecule has 0 aromatic rings. The summed E-state index contributed by atoms with van der Waals surface area (Å²) in [6.45, 7) is 4.90. The molecule has 2 atom stereocenters. The first-order valence-electron chi connectivity index (χ1n) is 6.88. The fourth-order valence-corrected chi connectivity index (χ4v) is 4.07. The van der Waals surface area contributed by atoms with E-state index in [1.165, 1.54) is 25.5 Å². The zero-order valence-electron chi connectivity index (χ0n) is 11.2. The summed E-state index contributed by atoms with van der Waals surface area (Å²) in [6, 6.07) is 0. The Morgan fingerprint density at radius 2 is 1.72 bits per heavy atom. The zero-order chi connectivity index (χ0) is 13.2. The second-order valence-corrected chi connectivity index (χ2v) is 7.63. The highest BCUT2D eigenvalue weighted by atomic mass is 32.2. The average Bonchev–Trinajstić information content (AvgIpc) is 2.76. The Hall–Kier alpha value is -0.170. The van der Waals surface area contributed by atoms with Crippen molar-refractivity contribution in [2.24, 2.45) is 17.6 Å². The first-order chi connectivity index (χ1) is 8.50. The summed E-state index contributed by atoms with van der Waals surface area (Å²) in [6.07, 6.45) is 5.15. The van der Waals surface area contributed by atoms with Crippen LogP contribution >= 0.6 is 0 Å². The minimum absolute atomic E-state index is 0.638. The van der Waals surface area contributed by atoms with Gasteiger partial charge in [-0.05, 0) is 31.2 Å². The van der Waals surface area contributed by atoms with Crippen LogP contribution in [0.25, 0.3) is 0 Å². The average molecular weight is 275 g/mol. The number of piperazine rings is 1. The summed E-state index contributed by atoms with van der Waals surface area (Å²) < 4.78 is 24.4. The Kier molecular flexibility index (Phi) is 4.64. The molecule has 0 spiro atoms. The highest BCUT2D eigenvalue weighted by molar-refractivity contribution is 7.88. The van der Waals surface area contributed by atoms with Gasteiger partial charge in [-0.25, -0.2) is 8.42 Å². The van der Waals surface area contributed by atoms with Crippen LogP contribution in [0.15, 0.2) is 0 Å². The number of hydrogen-bond acceptors (Lipinski definition) is 4. The maximum Gasteiger partial charge on any atom is 0.211 e. The molecular formula is C12H25N3O2S. The number of nitrogens with zero attached hydrogens (tertiary/aromatic N) is 2. The molecule has 0 aromatic heterocycles. The molecule has 2 aliphatic rings. The van der Waals surface area contributed by atoms with Crippen molar-refractivity contribution in [2.45, 2.75) is 19.3 Å². The predicted molar refractivity (Wildman–Crippen MR) is 72.7 cm³/mol. The molecule has 5 nitrogen and oxygen atoms in total. The molecule has 0 aromatic carbocycles. The maximum absolute atomic E-state index is 11.4. The van der Waals surface area contributed by atoms with Crippen LogP contribution in [0.4, 0.5) is 0 Å². The number of sulfonamides is 1. The van der Waals surface area contributed by atoms with E-state index in [0.717, 1.165) is 32.1 Å². The summed E-state index contributed by atoms with van der Waals surface area (Å²) in [5.41, 5.74) is 5.80. The Labute approximate surface area is 110 Å². The van der Waals surface area contributed by atoms with Crippen molar-refractivity contribution < 1.29 is 8.42 Å². The predicted octanol–water partition coefficient (Wildman–Crippen LogP) is -0.0614. The molecule has 2 N–H and O–H groups in total. The van der Waals surface area contributed by atoms with Crippen LogP contribution in [0.5, 0.6) is 0 Å². The van der Waals surface area contributed by atoms with Gasteiger partial charge in [0.05, 0.1) is 6.26 Å². The zero-order valence-corrected chi connectivity index (χ0v) is 12.0. The molecule has 0 radical (unpaired) electrons. The minimum Gasteiger partial charge on any atom is -0.330 e. The van der Waals surface area contributed by atoms with Gasteiger partial charge < -0.3 is 10.6 Å². The van der Waals surface area contributed by atoms with E-state index >= 15 is 0 Å². The molecule has 1 saturated heterocycles. The number of rotatable bonds is 4. The molecule has 1 aliphatic heterocycles. The molecule has 2 fully saturated rings. The molecule has 1 saturated carbocycles. The molecule has 106 valence electrons. The summed E-state index contributed by atoms with van der Waals surface area (Å²) in [4.78, 5) is 2.40. The molecule has 0 bridgehead atoms. The Balaban J connectivity index is 1.80. The number of hydrogen-bond donors (Lipinski definition) is 1. The third-order valence-electron chi connectivity index (χ3n) is 4.41. The van der Waals surface area contributed by atoms with Crippen molar-refractivity contribution in [2.75, 3.05) is 45.5 Å². The van der Waals surface area contributed by atoms with Crippen LogP contribution in [0, 0.1) is 11.8 Å². The quantitative estimate of drug-likeness (QED) is 0.780. The first kappa shape index (κ1) is 14.2. The highest BCUT2D eigenvalue weighted by Crippen LogP contribution is 2.31. The Morgan fingerprint density at radius 3 is 2.28 bits per heavy atom. The van der Waals surface area contributed by atoms with E-state index in [1.807, 2.05) is 0 Å². The largest absolute Gasteiger partial charge is 0.330 e. The van der Waals surface area contributed by atoms with Crippen molar-refractivity contribution in [3.8, 4) is 0 Å². The van der Waals surface area contributed by atoms with E-state index in [2.05, 4.69) is 4.90 Å². The summed E-state index contributed by atoms with van der Waals surface area (Å²) >= 11 is 0. The summed E-state index contributed by atoms with van der Waals surface area (Å²) in [7, 11) is -3.01. The van der Waals surface area contributed by atoms with E-state index in [-0.39, 0.29) is 0 Å². The molecular weight excluding hydrogens is 250 g/mol. The molecule has 18 heavy (non-hydrogen) atoms. The SMILES string of the molecule is CS(=O)(=O)N1CCN(CC2CCCC2CN)CC1. The smallest absolute Gasteiger partial charge is 0.211 e. The van der Waals surface area contributed by atoms with Gasteiger partial charge in [-0.1, -0.05) is 6.42 Å². The van der Waals surface area contributed by atoms with Gasteiger partial charge >= 0.3 is 0 Å². The van der Waals surface area contributed by atoms with Crippen LogP contribution in [-0.4, -0.2) is 63.1 Å². The van der Waals surface area contributed by atoms with Crippen molar-refractivity contribution in [1.82, 2.24) is 9.21 Å². The minimum atomic E-state index is -3.01. The van der Waals surface area contributed by atoms with Gasteiger partial charge in [0.25, 0.3) is 0 Å². The highest BCUT2D eigenvalue weighted by Gasteiger charge is 2.30. The van der Waals surface area contributed by atoms with Crippen LogP contribution in [-0.2, 0) is 10.0 Å². The van der Waals surface area contributed by atoms with Gasteiger partial charge in [-0.3, -0.25) is 0 Å². The van der Waals surface area contributed by atoms with E-state index < -0.39 is 10.0 Å². The molecule has 1 aliphatic carbocycles. The van der Waals surface area contributed by atoms with Gasteiger partial charge in [0, 0.05) is 32.7 Å². The standard InChI is InChI=1S/C12H25N3O2S/c1-18(16,17)15-7-5-14(6-8-15)10-12-4-2-3-11(12)9-13/h11-12H,2-10,13H2,1H3. The van der Waals surface area contributed by atoms with Crippen molar-refractivity contribution in [3.05, 3.63) is 0 Å². The lowest BCUT2D eigenvalue weighted by molar-refractivity contribution is 0.152. The fraction of sp³-hybridized carbons (Fsp3) is 1.00. The molecule has 2 rings (SSSR count). The van der Waals surface area contributed by atoms with Crippen LogP contribution in [0.2, 0.25) is 0 Å². The normalized spacial score (nSPS) is 31.9. The van der Waals surface area contributed by atoms with E-state index in [1.54, 1.807) is 4.31 Å². The second kappa shape index (κ2) is 5.86. The summed E-state index contributed by atoms with van der Waals surface area (Å²) in [5, 5.41) is 0. The topological polar surface area (TPSA) is 66.6 Å². The van der Waals surface area contributed by atoms with Crippen molar-refractivity contribution >= 4 is 10.0 Å². The van der Waals surface area contributed by atoms with E-state index in [9.17, 15) is 8.42 Å².